The Labute approximate surface area is 58.5 Å². The number of hydrogen-bond acceptors (Lipinski definition) is 3. The summed E-state index contributed by atoms with van der Waals surface area (Å²) in [7, 11) is 0. The summed E-state index contributed by atoms with van der Waals surface area (Å²) >= 11 is 3.54. The molecule has 5 heteroatoms. The fourth-order valence-corrected chi connectivity index (χ4v) is 0.322. The fourth-order valence-electron chi connectivity index (χ4n) is 0.227. The van der Waals surface area contributed by atoms with E-state index in [1.807, 2.05) is 0 Å². The Morgan fingerprint density at radius 1 is 2.00 bits per heavy atom. The lowest BCUT2D eigenvalue weighted by Crippen LogP contribution is -2.36. The summed E-state index contributed by atoms with van der Waals surface area (Å²) in [5, 5.41) is 8.21. The molecule has 52 valence electrons. The highest BCUT2D eigenvalue weighted by Crippen LogP contribution is 1.97. The molecule has 0 heterocycles. The van der Waals surface area contributed by atoms with Crippen molar-refractivity contribution in [3.05, 3.63) is 12.7 Å². The van der Waals surface area contributed by atoms with Gasteiger partial charge >= 0.3 is 6.09 Å². The van der Waals surface area contributed by atoms with E-state index in [1.165, 1.54) is 6.08 Å². The molecule has 0 aliphatic rings. The van der Waals surface area contributed by atoms with E-state index in [0.717, 1.165) is 0 Å². The Balaban J connectivity index is 3.86. The molecule has 1 amide bonds. The molecule has 1 unspecified atom stereocenters. The van der Waals surface area contributed by atoms with Crippen LogP contribution in [-0.4, -0.2) is 21.7 Å². The zero-order valence-electron chi connectivity index (χ0n) is 4.69. The molecule has 0 aromatic heterocycles. The monoisotopic (exact) mass is 148 g/mol. The van der Waals surface area contributed by atoms with E-state index in [9.17, 15) is 4.79 Å². The lowest BCUT2D eigenvalue weighted by molar-refractivity contribution is 0.171. The largest absolute Gasteiger partial charge is 0.464 e. The lowest BCUT2D eigenvalue weighted by Gasteiger charge is -2.15. The number of thiol groups is 1. The van der Waals surface area contributed by atoms with Crippen molar-refractivity contribution in [2.45, 2.75) is 6.17 Å². The van der Waals surface area contributed by atoms with Crippen molar-refractivity contribution in [2.75, 3.05) is 0 Å². The van der Waals surface area contributed by atoms with Gasteiger partial charge < -0.3 is 10.8 Å². The summed E-state index contributed by atoms with van der Waals surface area (Å²) in [6.45, 7) is 3.29. The summed E-state index contributed by atoms with van der Waals surface area (Å²) in [5.74, 6) is 0. The van der Waals surface area contributed by atoms with Crippen LogP contribution in [0.4, 0.5) is 4.79 Å². The molecular weight excluding hydrogens is 140 g/mol. The van der Waals surface area contributed by atoms with Crippen molar-refractivity contribution >= 4 is 18.9 Å². The third-order valence-electron chi connectivity index (χ3n) is 0.720. The van der Waals surface area contributed by atoms with Crippen molar-refractivity contribution in [1.82, 2.24) is 4.31 Å². The molecule has 0 aliphatic heterocycles. The molecule has 0 aliphatic carbocycles. The molecule has 4 nitrogen and oxygen atoms in total. The van der Waals surface area contributed by atoms with E-state index >= 15 is 0 Å². The van der Waals surface area contributed by atoms with Gasteiger partial charge in [-0.15, -0.1) is 0 Å². The van der Waals surface area contributed by atoms with Crippen LogP contribution in [0.2, 0.25) is 0 Å². The number of carbonyl (C=O) groups is 1. The minimum atomic E-state index is -1.19. The SMILES string of the molecule is C=CC(N)N(S)C(=O)O. The van der Waals surface area contributed by atoms with Crippen molar-refractivity contribution < 1.29 is 9.90 Å². The second-order valence-corrected chi connectivity index (χ2v) is 1.78. The highest BCUT2D eigenvalue weighted by Gasteiger charge is 2.11. The van der Waals surface area contributed by atoms with Crippen molar-refractivity contribution in [3.8, 4) is 0 Å². The Morgan fingerprint density at radius 2 is 2.44 bits per heavy atom. The van der Waals surface area contributed by atoms with Crippen LogP contribution < -0.4 is 5.73 Å². The minimum Gasteiger partial charge on any atom is -0.464 e. The van der Waals surface area contributed by atoms with Crippen LogP contribution in [-0.2, 0) is 0 Å². The molecule has 0 saturated heterocycles. The third kappa shape index (κ3) is 2.39. The standard InChI is InChI=1S/C4H8N2O2S/c1-2-3(5)6(9)4(7)8/h2-3,9H,1,5H2,(H,7,8). The third-order valence-corrected chi connectivity index (χ3v) is 1.16. The molecule has 0 radical (unpaired) electrons. The number of carboxylic acid groups (broad SMARTS) is 1. The van der Waals surface area contributed by atoms with Gasteiger partial charge in [0.05, 0.1) is 0 Å². The van der Waals surface area contributed by atoms with E-state index in [-0.39, 0.29) is 0 Å². The Hall–Kier alpha value is -0.680. The maximum Gasteiger partial charge on any atom is 0.418 e. The van der Waals surface area contributed by atoms with Gasteiger partial charge in [-0.2, -0.15) is 0 Å². The molecule has 0 saturated carbocycles. The average Bonchev–Trinajstić information content (AvgIpc) is 1.84. The van der Waals surface area contributed by atoms with Gasteiger partial charge in [-0.25, -0.2) is 9.10 Å². The van der Waals surface area contributed by atoms with Crippen LogP contribution >= 0.6 is 12.8 Å². The maximum absolute atomic E-state index is 10.0. The second-order valence-electron chi connectivity index (χ2n) is 1.35. The topological polar surface area (TPSA) is 66.6 Å². The number of nitrogens with two attached hydrogens (primary N) is 1. The molecule has 1 atom stereocenters. The van der Waals surface area contributed by atoms with Gasteiger partial charge in [0.25, 0.3) is 0 Å². The molecule has 0 aromatic carbocycles. The first-order valence-electron chi connectivity index (χ1n) is 2.18. The number of amides is 1. The fraction of sp³-hybridized carbons (Fsp3) is 0.250. The highest BCUT2D eigenvalue weighted by molar-refractivity contribution is 7.78. The van der Waals surface area contributed by atoms with Crippen molar-refractivity contribution in [1.29, 1.82) is 0 Å². The van der Waals surface area contributed by atoms with Gasteiger partial charge in [0.2, 0.25) is 0 Å². The Bertz CT molecular complexity index is 128. The molecule has 9 heavy (non-hydrogen) atoms. The summed E-state index contributed by atoms with van der Waals surface area (Å²) in [6.07, 6.45) is -0.655. The van der Waals surface area contributed by atoms with Crippen LogP contribution in [0.5, 0.6) is 0 Å². The van der Waals surface area contributed by atoms with Crippen LogP contribution in [0.3, 0.4) is 0 Å². The van der Waals surface area contributed by atoms with E-state index in [1.54, 1.807) is 0 Å². The van der Waals surface area contributed by atoms with Gasteiger partial charge in [0, 0.05) is 0 Å². The van der Waals surface area contributed by atoms with Crippen molar-refractivity contribution in [2.24, 2.45) is 5.73 Å². The minimum absolute atomic E-state index is 0.660. The molecule has 3 N–H and O–H groups in total. The van der Waals surface area contributed by atoms with E-state index in [2.05, 4.69) is 19.4 Å². The van der Waals surface area contributed by atoms with Gasteiger partial charge in [0.1, 0.15) is 6.17 Å². The van der Waals surface area contributed by atoms with Gasteiger partial charge in [-0.1, -0.05) is 25.5 Å². The molecule has 0 spiro atoms. The smallest absolute Gasteiger partial charge is 0.418 e. The lowest BCUT2D eigenvalue weighted by atomic mass is 10.5. The number of nitrogens with zero attached hydrogens (tertiary/aromatic N) is 1. The van der Waals surface area contributed by atoms with Crippen molar-refractivity contribution in [3.63, 3.8) is 0 Å². The predicted molar refractivity (Wildman–Crippen MR) is 37.0 cm³/mol. The first-order valence-corrected chi connectivity index (χ1v) is 2.58. The zero-order valence-corrected chi connectivity index (χ0v) is 5.58. The van der Waals surface area contributed by atoms with Crippen LogP contribution in [0.25, 0.3) is 0 Å². The first kappa shape index (κ1) is 8.32. The molecule has 0 rings (SSSR count). The van der Waals surface area contributed by atoms with E-state index < -0.39 is 12.3 Å². The summed E-state index contributed by atoms with van der Waals surface area (Å²) in [6, 6.07) is 0. The molecule has 0 bridgehead atoms. The summed E-state index contributed by atoms with van der Waals surface area (Å²) in [5.41, 5.74) is 5.17. The van der Waals surface area contributed by atoms with E-state index in [4.69, 9.17) is 10.8 Å². The predicted octanol–water partition coefficient (Wildman–Crippen LogP) is 0.282. The van der Waals surface area contributed by atoms with Crippen LogP contribution in [0.1, 0.15) is 0 Å². The van der Waals surface area contributed by atoms with Crippen LogP contribution in [0, 0.1) is 0 Å². The number of rotatable bonds is 2. The highest BCUT2D eigenvalue weighted by atomic mass is 32.1. The molecule has 0 aromatic rings. The van der Waals surface area contributed by atoms with Crippen LogP contribution in [0.15, 0.2) is 12.7 Å². The summed E-state index contributed by atoms with van der Waals surface area (Å²) < 4.78 is 0.660. The second kappa shape index (κ2) is 3.37. The van der Waals surface area contributed by atoms with Gasteiger partial charge in [-0.05, 0) is 0 Å². The molecule has 0 fully saturated rings. The Morgan fingerprint density at radius 3 is 2.56 bits per heavy atom. The maximum atomic E-state index is 10.0. The van der Waals surface area contributed by atoms with Gasteiger partial charge in [0.15, 0.2) is 0 Å². The average molecular weight is 148 g/mol. The number of hydrogen-bond donors (Lipinski definition) is 3. The quantitative estimate of drug-likeness (QED) is 0.299. The molecular formula is C4H8N2O2S. The zero-order chi connectivity index (χ0) is 7.44. The normalized spacial score (nSPS) is 12.2. The van der Waals surface area contributed by atoms with Gasteiger partial charge in [-0.3, -0.25) is 0 Å². The first-order chi connectivity index (χ1) is 4.09. The van der Waals surface area contributed by atoms with E-state index in [0.29, 0.717) is 4.31 Å². The summed E-state index contributed by atoms with van der Waals surface area (Å²) in [4.78, 5) is 10.0. The Kier molecular flexibility index (Phi) is 3.11.